The van der Waals surface area contributed by atoms with Gasteiger partial charge in [-0.05, 0) is 11.5 Å². The van der Waals surface area contributed by atoms with E-state index in [1.54, 1.807) is 24.0 Å². The van der Waals surface area contributed by atoms with E-state index in [0.29, 0.717) is 10.8 Å². The molecular formula is C10H9BClN3O. The zero-order valence-electron chi connectivity index (χ0n) is 8.94. The minimum atomic E-state index is -0.207. The number of halogens is 1. The maximum atomic E-state index is 8.88. The summed E-state index contributed by atoms with van der Waals surface area (Å²) in [7, 11) is 1.57. The second kappa shape index (κ2) is 4.07. The summed E-state index contributed by atoms with van der Waals surface area (Å²) in [5.74, 6) is 2.80. The fourth-order valence-electron chi connectivity index (χ4n) is 1.53. The van der Waals surface area contributed by atoms with E-state index in [1.807, 2.05) is 12.9 Å². The van der Waals surface area contributed by atoms with Gasteiger partial charge in [-0.2, -0.15) is 5.10 Å². The number of rotatable bonds is 2. The highest BCUT2D eigenvalue weighted by Crippen LogP contribution is 2.25. The standard InChI is InChI=1S/C10H9BClN3O/c1-11(6-13)7-3-9(16-2)10-8(12)4-14-15(10)5-7/h3-5H,1-2H3. The van der Waals surface area contributed by atoms with Crippen LogP contribution in [0.3, 0.4) is 0 Å². The van der Waals surface area contributed by atoms with Gasteiger partial charge < -0.3 is 4.74 Å². The average Bonchev–Trinajstić information content (AvgIpc) is 2.69. The molecule has 0 radical (unpaired) electrons. The molecule has 0 aliphatic carbocycles. The maximum Gasteiger partial charge on any atom is 0.298 e. The second-order valence-corrected chi connectivity index (χ2v) is 3.89. The van der Waals surface area contributed by atoms with Crippen molar-refractivity contribution >= 4 is 29.3 Å². The van der Waals surface area contributed by atoms with Crippen LogP contribution in [0.4, 0.5) is 0 Å². The lowest BCUT2D eigenvalue weighted by Crippen LogP contribution is -2.26. The van der Waals surface area contributed by atoms with Crippen LogP contribution in [0.5, 0.6) is 5.75 Å². The molecule has 0 aliphatic rings. The molecule has 0 bridgehead atoms. The predicted molar refractivity (Wildman–Crippen MR) is 63.6 cm³/mol. The number of fused-ring (bicyclic) bond motifs is 1. The van der Waals surface area contributed by atoms with Crippen LogP contribution in [-0.4, -0.2) is 23.4 Å². The van der Waals surface area contributed by atoms with Crippen molar-refractivity contribution in [1.29, 1.82) is 5.26 Å². The first-order valence-electron chi connectivity index (χ1n) is 4.77. The Bertz CT molecular complexity index is 575. The van der Waals surface area contributed by atoms with Crippen LogP contribution < -0.4 is 10.2 Å². The Labute approximate surface area is 98.5 Å². The first-order valence-corrected chi connectivity index (χ1v) is 5.15. The van der Waals surface area contributed by atoms with Gasteiger partial charge in [0.2, 0.25) is 0 Å². The third-order valence-electron chi connectivity index (χ3n) is 2.47. The van der Waals surface area contributed by atoms with Gasteiger partial charge in [0, 0.05) is 12.2 Å². The van der Waals surface area contributed by atoms with Gasteiger partial charge in [0.25, 0.3) is 6.71 Å². The molecule has 6 heteroatoms. The number of nitrogens with zero attached hydrogens (tertiary/aromatic N) is 3. The van der Waals surface area contributed by atoms with Crippen LogP contribution in [0.1, 0.15) is 0 Å². The van der Waals surface area contributed by atoms with E-state index in [4.69, 9.17) is 21.6 Å². The lowest BCUT2D eigenvalue weighted by atomic mass is 9.49. The van der Waals surface area contributed by atoms with Crippen molar-refractivity contribution in [3.05, 3.63) is 23.5 Å². The van der Waals surface area contributed by atoms with Gasteiger partial charge in [-0.25, -0.2) is 9.78 Å². The van der Waals surface area contributed by atoms with E-state index < -0.39 is 0 Å². The Morgan fingerprint density at radius 3 is 3.00 bits per heavy atom. The highest BCUT2D eigenvalue weighted by atomic mass is 35.5. The second-order valence-electron chi connectivity index (χ2n) is 3.48. The van der Waals surface area contributed by atoms with Gasteiger partial charge in [0.15, 0.2) is 0 Å². The largest absolute Gasteiger partial charge is 0.494 e. The predicted octanol–water partition coefficient (Wildman–Crippen LogP) is 1.39. The highest BCUT2D eigenvalue weighted by molar-refractivity contribution is 6.78. The van der Waals surface area contributed by atoms with Gasteiger partial charge >= 0.3 is 0 Å². The van der Waals surface area contributed by atoms with Crippen molar-refractivity contribution in [2.45, 2.75) is 6.82 Å². The molecule has 0 aromatic carbocycles. The first-order chi connectivity index (χ1) is 7.67. The molecule has 0 aliphatic heterocycles. The third-order valence-corrected chi connectivity index (χ3v) is 2.74. The molecule has 0 unspecified atom stereocenters. The van der Waals surface area contributed by atoms with Crippen LogP contribution in [0.2, 0.25) is 11.8 Å². The summed E-state index contributed by atoms with van der Waals surface area (Å²) in [5, 5.41) is 13.5. The molecule has 2 heterocycles. The number of nitriles is 1. The fraction of sp³-hybridized carbons (Fsp3) is 0.200. The lowest BCUT2D eigenvalue weighted by Gasteiger charge is -2.07. The molecule has 0 saturated heterocycles. The minimum absolute atomic E-state index is 0.207. The Morgan fingerprint density at radius 2 is 2.38 bits per heavy atom. The van der Waals surface area contributed by atoms with E-state index in [-0.39, 0.29) is 6.71 Å². The van der Waals surface area contributed by atoms with E-state index >= 15 is 0 Å². The summed E-state index contributed by atoms with van der Waals surface area (Å²) >= 11 is 5.99. The van der Waals surface area contributed by atoms with Crippen LogP contribution >= 0.6 is 11.6 Å². The molecule has 0 N–H and O–H groups in total. The van der Waals surface area contributed by atoms with Crippen molar-refractivity contribution in [3.63, 3.8) is 0 Å². The van der Waals surface area contributed by atoms with E-state index in [9.17, 15) is 0 Å². The monoisotopic (exact) mass is 233 g/mol. The number of hydrogen-bond donors (Lipinski definition) is 0. The normalized spacial score (nSPS) is 10.1. The van der Waals surface area contributed by atoms with Crippen molar-refractivity contribution in [2.24, 2.45) is 0 Å². The summed E-state index contributed by atoms with van der Waals surface area (Å²) in [5.41, 5.74) is 1.57. The minimum Gasteiger partial charge on any atom is -0.494 e. The molecule has 0 spiro atoms. The fourth-order valence-corrected chi connectivity index (χ4v) is 1.76. The number of pyridine rings is 1. The van der Waals surface area contributed by atoms with E-state index in [1.165, 1.54) is 0 Å². The SMILES string of the molecule is COc1cc(B(C)C#N)cn2ncc(Cl)c12. The summed E-state index contributed by atoms with van der Waals surface area (Å²) in [4.78, 5) is 0. The topological polar surface area (TPSA) is 50.3 Å². The Kier molecular flexibility index (Phi) is 2.76. The van der Waals surface area contributed by atoms with Crippen LogP contribution in [0.25, 0.3) is 5.52 Å². The van der Waals surface area contributed by atoms with Gasteiger partial charge in [-0.1, -0.05) is 18.4 Å². The summed E-state index contributed by atoms with van der Waals surface area (Å²) < 4.78 is 6.88. The summed E-state index contributed by atoms with van der Waals surface area (Å²) in [6.07, 6.45) is 3.35. The number of ether oxygens (including phenoxy) is 1. The Hall–Kier alpha value is -1.67. The molecule has 2 rings (SSSR count). The van der Waals surface area contributed by atoms with Crippen molar-refractivity contribution in [2.75, 3.05) is 7.11 Å². The zero-order valence-corrected chi connectivity index (χ0v) is 9.69. The average molecular weight is 233 g/mol. The number of aromatic nitrogens is 2. The molecular weight excluding hydrogens is 224 g/mol. The summed E-state index contributed by atoms with van der Waals surface area (Å²) in [6, 6.07) is 1.82. The molecule has 2 aromatic heterocycles. The van der Waals surface area contributed by atoms with E-state index in [2.05, 4.69) is 11.1 Å². The van der Waals surface area contributed by atoms with Crippen molar-refractivity contribution < 1.29 is 4.74 Å². The van der Waals surface area contributed by atoms with E-state index in [0.717, 1.165) is 11.0 Å². The van der Waals surface area contributed by atoms with Crippen LogP contribution in [-0.2, 0) is 0 Å². The van der Waals surface area contributed by atoms with Crippen molar-refractivity contribution in [1.82, 2.24) is 9.61 Å². The molecule has 2 aromatic rings. The molecule has 0 amide bonds. The molecule has 4 nitrogen and oxygen atoms in total. The van der Waals surface area contributed by atoms with Gasteiger partial charge in [-0.15, -0.1) is 0 Å². The molecule has 0 saturated carbocycles. The van der Waals surface area contributed by atoms with Gasteiger partial charge in [0.1, 0.15) is 11.3 Å². The van der Waals surface area contributed by atoms with Crippen LogP contribution in [0, 0.1) is 11.2 Å². The summed E-state index contributed by atoms with van der Waals surface area (Å²) in [6.45, 7) is 1.62. The molecule has 0 fully saturated rings. The Balaban J connectivity index is 2.70. The number of methoxy groups -OCH3 is 1. The highest BCUT2D eigenvalue weighted by Gasteiger charge is 2.15. The lowest BCUT2D eigenvalue weighted by molar-refractivity contribution is 0.418. The molecule has 16 heavy (non-hydrogen) atoms. The van der Waals surface area contributed by atoms with Gasteiger partial charge in [0.05, 0.1) is 18.3 Å². The Morgan fingerprint density at radius 1 is 1.62 bits per heavy atom. The first kappa shape index (κ1) is 10.8. The maximum absolute atomic E-state index is 8.88. The van der Waals surface area contributed by atoms with Crippen LogP contribution in [0.15, 0.2) is 18.5 Å². The zero-order chi connectivity index (χ0) is 11.7. The van der Waals surface area contributed by atoms with Gasteiger partial charge in [-0.3, -0.25) is 0 Å². The quantitative estimate of drug-likeness (QED) is 0.737. The molecule has 80 valence electrons. The third kappa shape index (κ3) is 1.61. The number of hydrogen-bond acceptors (Lipinski definition) is 3. The smallest absolute Gasteiger partial charge is 0.298 e. The van der Waals surface area contributed by atoms with Crippen molar-refractivity contribution in [3.8, 4) is 11.7 Å². The molecule has 0 atom stereocenters.